The van der Waals surface area contributed by atoms with Crippen molar-refractivity contribution in [1.29, 1.82) is 0 Å². The molecule has 1 aliphatic heterocycles. The predicted molar refractivity (Wildman–Crippen MR) is 91.0 cm³/mol. The van der Waals surface area contributed by atoms with Gasteiger partial charge in [-0.1, -0.05) is 0 Å². The fraction of sp³-hybridized carbons (Fsp3) is 0.375. The molecule has 0 unspecified atom stereocenters. The number of ether oxygens (including phenoxy) is 3. The van der Waals surface area contributed by atoms with E-state index < -0.39 is 18.0 Å². The van der Waals surface area contributed by atoms with Crippen molar-refractivity contribution < 1.29 is 23.8 Å². The molecule has 8 heteroatoms. The lowest BCUT2D eigenvalue weighted by molar-refractivity contribution is -0.136. The first-order chi connectivity index (χ1) is 11.4. The molecular weight excluding hydrogens is 380 g/mol. The van der Waals surface area contributed by atoms with E-state index in [0.717, 1.165) is 0 Å². The van der Waals surface area contributed by atoms with Gasteiger partial charge in [0.1, 0.15) is 0 Å². The third kappa shape index (κ3) is 3.48. The number of hydrogen-bond acceptors (Lipinski definition) is 5. The molecule has 2 N–H and O–H groups in total. The summed E-state index contributed by atoms with van der Waals surface area (Å²) >= 11 is 3.43. The molecule has 130 valence electrons. The molecule has 0 saturated carbocycles. The molecule has 1 aliphatic rings. The van der Waals surface area contributed by atoms with Crippen LogP contribution in [0.3, 0.4) is 0 Å². The van der Waals surface area contributed by atoms with E-state index >= 15 is 0 Å². The van der Waals surface area contributed by atoms with Gasteiger partial charge in [-0.3, -0.25) is 0 Å². The average Bonchev–Trinajstić information content (AvgIpc) is 2.53. The molecule has 0 bridgehead atoms. The Morgan fingerprint density at radius 3 is 2.62 bits per heavy atom. The van der Waals surface area contributed by atoms with E-state index in [0.29, 0.717) is 39.4 Å². The molecule has 1 aromatic carbocycles. The highest BCUT2D eigenvalue weighted by molar-refractivity contribution is 9.10. The quantitative estimate of drug-likeness (QED) is 0.744. The summed E-state index contributed by atoms with van der Waals surface area (Å²) in [5.74, 6) is 0.537. The van der Waals surface area contributed by atoms with E-state index in [1.54, 1.807) is 26.2 Å². The maximum Gasteiger partial charge on any atom is 0.337 e. The van der Waals surface area contributed by atoms with E-state index in [4.69, 9.17) is 14.2 Å². The molecule has 0 radical (unpaired) electrons. The lowest BCUT2D eigenvalue weighted by Gasteiger charge is -2.28. The Hall–Kier alpha value is -2.22. The number of urea groups is 1. The fourth-order valence-electron chi connectivity index (χ4n) is 2.54. The van der Waals surface area contributed by atoms with Gasteiger partial charge in [0.15, 0.2) is 11.5 Å². The van der Waals surface area contributed by atoms with Crippen LogP contribution < -0.4 is 20.1 Å². The molecule has 2 amide bonds. The van der Waals surface area contributed by atoms with E-state index in [2.05, 4.69) is 26.6 Å². The van der Waals surface area contributed by atoms with Crippen LogP contribution in [0, 0.1) is 0 Å². The van der Waals surface area contributed by atoms with Crippen LogP contribution in [0.25, 0.3) is 0 Å². The molecule has 0 aliphatic carbocycles. The number of esters is 1. The summed E-state index contributed by atoms with van der Waals surface area (Å²) in [6.07, 6.45) is 0. The van der Waals surface area contributed by atoms with Crippen molar-refractivity contribution in [1.82, 2.24) is 10.6 Å². The standard InChI is InChI=1S/C16H19BrN2O5/c1-5-24-11-7-9(6-10(17)14(11)22-3)13-12(15(20)23-4)8(2)18-16(21)19-13/h6-7,13H,5H2,1-4H3,(H2,18,19,21)/t13-/m0/s1. The molecule has 0 fully saturated rings. The molecule has 0 spiro atoms. The van der Waals surface area contributed by atoms with Crippen LogP contribution in [0.15, 0.2) is 27.9 Å². The molecule has 1 heterocycles. The summed E-state index contributed by atoms with van der Waals surface area (Å²) in [5, 5.41) is 5.32. The third-order valence-electron chi connectivity index (χ3n) is 3.54. The summed E-state index contributed by atoms with van der Waals surface area (Å²) in [6, 6.07) is 2.45. The number of amides is 2. The zero-order valence-corrected chi connectivity index (χ0v) is 15.4. The van der Waals surface area contributed by atoms with E-state index in [1.807, 2.05) is 6.92 Å². The zero-order valence-electron chi connectivity index (χ0n) is 13.9. The second-order valence-corrected chi connectivity index (χ2v) is 5.88. The van der Waals surface area contributed by atoms with Gasteiger partial charge >= 0.3 is 12.0 Å². The summed E-state index contributed by atoms with van der Waals surface area (Å²) in [6.45, 7) is 3.96. The molecule has 7 nitrogen and oxygen atoms in total. The van der Waals surface area contributed by atoms with Crippen molar-refractivity contribution in [2.24, 2.45) is 0 Å². The molecular formula is C16H19BrN2O5. The van der Waals surface area contributed by atoms with Gasteiger partial charge in [0.25, 0.3) is 0 Å². The maximum absolute atomic E-state index is 12.1. The minimum atomic E-state index is -0.660. The van der Waals surface area contributed by atoms with Crippen LogP contribution in [0.1, 0.15) is 25.5 Å². The first-order valence-corrected chi connectivity index (χ1v) is 8.09. The first-order valence-electron chi connectivity index (χ1n) is 7.29. The number of carbonyl (C=O) groups is 2. The number of hydrogen-bond donors (Lipinski definition) is 2. The zero-order chi connectivity index (χ0) is 17.9. The average molecular weight is 399 g/mol. The minimum Gasteiger partial charge on any atom is -0.492 e. The number of halogens is 1. The van der Waals surface area contributed by atoms with Crippen LogP contribution in [0.4, 0.5) is 4.79 Å². The van der Waals surface area contributed by atoms with Gasteiger partial charge in [-0.2, -0.15) is 0 Å². The monoisotopic (exact) mass is 398 g/mol. The molecule has 0 saturated heterocycles. The van der Waals surface area contributed by atoms with Crippen molar-refractivity contribution in [3.05, 3.63) is 33.4 Å². The van der Waals surface area contributed by atoms with Crippen molar-refractivity contribution in [2.75, 3.05) is 20.8 Å². The first kappa shape index (κ1) is 18.1. The Morgan fingerprint density at radius 2 is 2.04 bits per heavy atom. The van der Waals surface area contributed by atoms with Gasteiger partial charge in [0.05, 0.1) is 36.9 Å². The number of rotatable bonds is 5. The van der Waals surface area contributed by atoms with E-state index in [1.165, 1.54) is 7.11 Å². The highest BCUT2D eigenvalue weighted by Gasteiger charge is 2.32. The van der Waals surface area contributed by atoms with Crippen molar-refractivity contribution in [3.8, 4) is 11.5 Å². The van der Waals surface area contributed by atoms with Crippen molar-refractivity contribution in [2.45, 2.75) is 19.9 Å². The van der Waals surface area contributed by atoms with E-state index in [9.17, 15) is 9.59 Å². The van der Waals surface area contributed by atoms with E-state index in [-0.39, 0.29) is 0 Å². The third-order valence-corrected chi connectivity index (χ3v) is 4.13. The van der Waals surface area contributed by atoms with Gasteiger partial charge in [-0.15, -0.1) is 0 Å². The summed E-state index contributed by atoms with van der Waals surface area (Å²) in [5.41, 5.74) is 1.44. The van der Waals surface area contributed by atoms with Gasteiger partial charge in [0.2, 0.25) is 0 Å². The number of carbonyl (C=O) groups excluding carboxylic acids is 2. The summed E-state index contributed by atoms with van der Waals surface area (Å²) in [4.78, 5) is 24.0. The second kappa shape index (κ2) is 7.57. The number of benzene rings is 1. The van der Waals surface area contributed by atoms with Crippen molar-refractivity contribution in [3.63, 3.8) is 0 Å². The Kier molecular flexibility index (Phi) is 5.71. The predicted octanol–water partition coefficient (Wildman–Crippen LogP) is 2.66. The molecule has 1 atom stereocenters. The van der Waals surface area contributed by atoms with Crippen LogP contribution in [0.5, 0.6) is 11.5 Å². The maximum atomic E-state index is 12.1. The molecule has 2 rings (SSSR count). The largest absolute Gasteiger partial charge is 0.492 e. The van der Waals surface area contributed by atoms with Crippen LogP contribution in [-0.2, 0) is 9.53 Å². The Bertz CT molecular complexity index is 702. The Balaban J connectivity index is 2.57. The topological polar surface area (TPSA) is 85.9 Å². The number of nitrogens with one attached hydrogen (secondary N) is 2. The highest BCUT2D eigenvalue weighted by Crippen LogP contribution is 2.40. The minimum absolute atomic E-state index is 0.330. The Morgan fingerprint density at radius 1 is 1.33 bits per heavy atom. The molecule has 24 heavy (non-hydrogen) atoms. The van der Waals surface area contributed by atoms with Crippen molar-refractivity contribution >= 4 is 27.9 Å². The molecule has 1 aromatic rings. The second-order valence-electron chi connectivity index (χ2n) is 5.03. The Labute approximate surface area is 148 Å². The number of allylic oxidation sites excluding steroid dienone is 1. The van der Waals surface area contributed by atoms with Crippen LogP contribution in [-0.4, -0.2) is 32.8 Å². The smallest absolute Gasteiger partial charge is 0.337 e. The van der Waals surface area contributed by atoms with Crippen LogP contribution in [0.2, 0.25) is 0 Å². The lowest BCUT2D eigenvalue weighted by Crippen LogP contribution is -2.45. The number of methoxy groups -OCH3 is 2. The highest BCUT2D eigenvalue weighted by atomic mass is 79.9. The SMILES string of the molecule is CCOc1cc([C@@H]2NC(=O)NC(C)=C2C(=O)OC)cc(Br)c1OC. The van der Waals surface area contributed by atoms with Gasteiger partial charge in [0, 0.05) is 5.70 Å². The summed E-state index contributed by atoms with van der Waals surface area (Å²) in [7, 11) is 2.84. The lowest BCUT2D eigenvalue weighted by atomic mass is 9.95. The van der Waals surface area contributed by atoms with Gasteiger partial charge in [-0.25, -0.2) is 9.59 Å². The summed E-state index contributed by atoms with van der Waals surface area (Å²) < 4.78 is 16.4. The molecule has 0 aromatic heterocycles. The normalized spacial score (nSPS) is 17.0. The fourth-order valence-corrected chi connectivity index (χ4v) is 3.16. The van der Waals surface area contributed by atoms with Crippen LogP contribution >= 0.6 is 15.9 Å². The van der Waals surface area contributed by atoms with Gasteiger partial charge in [-0.05, 0) is 47.5 Å². The van der Waals surface area contributed by atoms with Gasteiger partial charge < -0.3 is 24.8 Å².